The highest BCUT2D eigenvalue weighted by Gasteiger charge is 2.39. The van der Waals surface area contributed by atoms with E-state index in [9.17, 15) is 0 Å². The summed E-state index contributed by atoms with van der Waals surface area (Å²) in [4.78, 5) is 4.78. The number of anilines is 6. The number of benzene rings is 11. The van der Waals surface area contributed by atoms with E-state index in [0.29, 0.717) is 0 Å². The summed E-state index contributed by atoms with van der Waals surface area (Å²) in [6, 6.07) is 78.7. The van der Waals surface area contributed by atoms with E-state index >= 15 is 0 Å². The lowest BCUT2D eigenvalue weighted by Gasteiger charge is -2.30. The zero-order valence-corrected chi connectivity index (χ0v) is 37.0. The summed E-state index contributed by atoms with van der Waals surface area (Å²) in [5.74, 6) is 0. The third-order valence-electron chi connectivity index (χ3n) is 14.4. The van der Waals surface area contributed by atoms with Crippen molar-refractivity contribution in [3.63, 3.8) is 0 Å². The molecule has 2 aromatic heterocycles. The zero-order chi connectivity index (χ0) is 44.4. The summed E-state index contributed by atoms with van der Waals surface area (Å²) >= 11 is 0. The molecule has 0 aliphatic heterocycles. The normalized spacial score (nSPS) is 13.0. The molecule has 4 heteroatoms. The van der Waals surface area contributed by atoms with Gasteiger partial charge in [0.25, 0.3) is 0 Å². The number of fused-ring (bicyclic) bond motifs is 15. The highest BCUT2D eigenvalue weighted by atomic mass is 16.3. The van der Waals surface area contributed by atoms with E-state index in [1.165, 1.54) is 54.6 Å². The lowest BCUT2D eigenvalue weighted by Crippen LogP contribution is -2.18. The summed E-state index contributed by atoms with van der Waals surface area (Å²) in [6.45, 7) is 4.77. The molecular weight excluding hydrogens is 817 g/mol. The molecule has 0 unspecified atom stereocenters. The molecule has 0 saturated carbocycles. The Morgan fingerprint density at radius 2 is 0.836 bits per heavy atom. The predicted octanol–water partition coefficient (Wildman–Crippen LogP) is 18.2. The van der Waals surface area contributed by atoms with E-state index < -0.39 is 0 Å². The first-order chi connectivity index (χ1) is 33.0. The van der Waals surface area contributed by atoms with Crippen molar-refractivity contribution in [1.29, 1.82) is 0 Å². The zero-order valence-electron chi connectivity index (χ0n) is 37.0. The Balaban J connectivity index is 0.974. The number of nitrogens with zero attached hydrogens (tertiary/aromatic N) is 2. The summed E-state index contributed by atoms with van der Waals surface area (Å²) in [6.07, 6.45) is 0. The maximum atomic E-state index is 6.93. The van der Waals surface area contributed by atoms with Crippen LogP contribution in [0.2, 0.25) is 0 Å². The molecule has 1 aliphatic carbocycles. The van der Waals surface area contributed by atoms with Crippen molar-refractivity contribution in [2.24, 2.45) is 0 Å². The first-order valence-corrected chi connectivity index (χ1v) is 23.1. The van der Waals surface area contributed by atoms with E-state index in [0.717, 1.165) is 78.0 Å². The van der Waals surface area contributed by atoms with Gasteiger partial charge in [-0.2, -0.15) is 0 Å². The van der Waals surface area contributed by atoms with Crippen LogP contribution in [0.5, 0.6) is 0 Å². The monoisotopic (exact) mass is 858 g/mol. The van der Waals surface area contributed by atoms with Gasteiger partial charge < -0.3 is 18.6 Å². The minimum atomic E-state index is -0.362. The van der Waals surface area contributed by atoms with Crippen LogP contribution in [0, 0.1) is 0 Å². The molecule has 0 N–H and O–H groups in total. The van der Waals surface area contributed by atoms with E-state index in [-0.39, 0.29) is 5.41 Å². The van der Waals surface area contributed by atoms with Crippen molar-refractivity contribution < 1.29 is 8.83 Å². The minimum absolute atomic E-state index is 0.362. The Morgan fingerprint density at radius 3 is 1.43 bits per heavy atom. The molecule has 0 saturated heterocycles. The molecule has 0 atom stereocenters. The fourth-order valence-corrected chi connectivity index (χ4v) is 11.3. The molecule has 0 fully saturated rings. The second-order valence-corrected chi connectivity index (χ2v) is 18.4. The van der Waals surface area contributed by atoms with Gasteiger partial charge in [-0.25, -0.2) is 0 Å². The van der Waals surface area contributed by atoms with Crippen LogP contribution in [0.25, 0.3) is 87.3 Å². The van der Waals surface area contributed by atoms with Crippen LogP contribution in [-0.4, -0.2) is 0 Å². The van der Waals surface area contributed by atoms with Crippen LogP contribution < -0.4 is 9.80 Å². The van der Waals surface area contributed by atoms with Gasteiger partial charge in [0, 0.05) is 49.4 Å². The van der Waals surface area contributed by atoms with Crippen molar-refractivity contribution in [3.05, 3.63) is 230 Å². The largest absolute Gasteiger partial charge is 0.454 e. The molecule has 316 valence electrons. The third kappa shape index (κ3) is 5.47. The topological polar surface area (TPSA) is 32.8 Å². The quantitative estimate of drug-likeness (QED) is 0.167. The second-order valence-electron chi connectivity index (χ2n) is 18.4. The predicted molar refractivity (Wildman–Crippen MR) is 280 cm³/mol. The van der Waals surface area contributed by atoms with Gasteiger partial charge in [0.05, 0.1) is 17.1 Å². The Morgan fingerprint density at radius 1 is 0.343 bits per heavy atom. The van der Waals surface area contributed by atoms with Crippen molar-refractivity contribution in [1.82, 2.24) is 0 Å². The molecule has 0 radical (unpaired) electrons. The maximum Gasteiger partial charge on any atom is 0.159 e. The molecule has 0 amide bonds. The lowest BCUT2D eigenvalue weighted by atomic mass is 9.81. The second kappa shape index (κ2) is 14.2. The molecule has 13 aromatic rings. The fourth-order valence-electron chi connectivity index (χ4n) is 11.3. The average Bonchev–Trinajstić information content (AvgIpc) is 4.04. The number of hydrogen-bond donors (Lipinski definition) is 0. The molecular formula is C63H42N2O2. The third-order valence-corrected chi connectivity index (χ3v) is 14.4. The first kappa shape index (κ1) is 37.7. The van der Waals surface area contributed by atoms with Crippen molar-refractivity contribution in [3.8, 4) is 11.1 Å². The fraction of sp³-hybridized carbons (Fsp3) is 0.0476. The van der Waals surface area contributed by atoms with Crippen LogP contribution in [0.15, 0.2) is 227 Å². The van der Waals surface area contributed by atoms with Gasteiger partial charge in [-0.05, 0) is 116 Å². The van der Waals surface area contributed by atoms with Gasteiger partial charge in [0.15, 0.2) is 11.2 Å². The smallest absolute Gasteiger partial charge is 0.159 e. The van der Waals surface area contributed by atoms with Crippen molar-refractivity contribution in [2.75, 3.05) is 9.80 Å². The van der Waals surface area contributed by atoms with Crippen molar-refractivity contribution in [2.45, 2.75) is 19.3 Å². The highest BCUT2D eigenvalue weighted by molar-refractivity contribution is 6.23. The molecule has 0 spiro atoms. The Kier molecular flexibility index (Phi) is 8.00. The molecule has 14 rings (SSSR count). The number of para-hydroxylation sites is 4. The van der Waals surface area contributed by atoms with E-state index in [2.05, 4.69) is 242 Å². The van der Waals surface area contributed by atoms with E-state index in [1.807, 2.05) is 0 Å². The van der Waals surface area contributed by atoms with Gasteiger partial charge in [-0.3, -0.25) is 0 Å². The summed E-state index contributed by atoms with van der Waals surface area (Å²) < 4.78 is 13.8. The van der Waals surface area contributed by atoms with Gasteiger partial charge in [-0.15, -0.1) is 0 Å². The van der Waals surface area contributed by atoms with Crippen LogP contribution in [0.1, 0.15) is 25.0 Å². The maximum absolute atomic E-state index is 6.93. The van der Waals surface area contributed by atoms with E-state index in [1.54, 1.807) is 0 Å². The molecule has 2 heterocycles. The molecule has 11 aromatic carbocycles. The minimum Gasteiger partial charge on any atom is -0.454 e. The van der Waals surface area contributed by atoms with Gasteiger partial charge in [0.2, 0.25) is 0 Å². The van der Waals surface area contributed by atoms with Gasteiger partial charge in [0.1, 0.15) is 11.2 Å². The van der Waals surface area contributed by atoms with Crippen LogP contribution in [-0.2, 0) is 5.41 Å². The van der Waals surface area contributed by atoms with E-state index in [4.69, 9.17) is 8.83 Å². The number of hydrogen-bond acceptors (Lipinski definition) is 4. The summed E-state index contributed by atoms with van der Waals surface area (Å²) in [5, 5.41) is 11.7. The van der Waals surface area contributed by atoms with Crippen LogP contribution in [0.3, 0.4) is 0 Å². The highest BCUT2D eigenvalue weighted by Crippen LogP contribution is 2.57. The standard InChI is InChI=1S/C63H42N2O2/c1-63(2)51-37-43(64(41-19-5-3-6-20-41)53-29-15-27-49-59-44-23-11-9-17-39(44)31-35-56(59)66-61(49)53)33-34-48(51)58-47-26-14-13-25-46(47)55(38-52(58)63)65(42-21-7-4-8-22-42)54-30-16-28-50-60-45-24-12-10-18-40(45)32-36-57(60)67-62(50)54/h3-38H,1-2H3. The molecule has 4 nitrogen and oxygen atoms in total. The van der Waals surface area contributed by atoms with Gasteiger partial charge in [-0.1, -0.05) is 166 Å². The number of rotatable bonds is 6. The molecule has 1 aliphatic rings. The van der Waals surface area contributed by atoms with Crippen LogP contribution >= 0.6 is 0 Å². The number of furan rings is 2. The Bertz CT molecular complexity index is 4140. The Hall–Kier alpha value is -8.60. The van der Waals surface area contributed by atoms with Crippen molar-refractivity contribution >= 4 is 110 Å². The lowest BCUT2D eigenvalue weighted by molar-refractivity contribution is 0.660. The summed E-state index contributed by atoms with van der Waals surface area (Å²) in [7, 11) is 0. The van der Waals surface area contributed by atoms with Crippen LogP contribution in [0.4, 0.5) is 34.1 Å². The molecule has 67 heavy (non-hydrogen) atoms. The first-order valence-electron chi connectivity index (χ1n) is 23.1. The Labute approximate surface area is 387 Å². The average molecular weight is 859 g/mol. The summed E-state index contributed by atoms with van der Waals surface area (Å²) in [5.41, 5.74) is 14.5. The SMILES string of the molecule is CC1(C)c2cc(N(c3ccccc3)c3cccc4c3oc3ccc5ccccc5c34)ccc2-c2c1cc(N(c1ccccc1)c1cccc3c1oc1ccc4ccccc4c13)c1ccccc21. The molecule has 0 bridgehead atoms. The van der Waals surface area contributed by atoms with Gasteiger partial charge >= 0.3 is 0 Å².